The van der Waals surface area contributed by atoms with Crippen LogP contribution in [-0.2, 0) is 5.54 Å². The van der Waals surface area contributed by atoms with Crippen molar-refractivity contribution in [3.05, 3.63) is 47.2 Å². The highest BCUT2D eigenvalue weighted by molar-refractivity contribution is 7.22. The second kappa shape index (κ2) is 8.11. The molecule has 166 valence electrons. The van der Waals surface area contributed by atoms with Crippen LogP contribution in [0.1, 0.15) is 74.7 Å². The molecule has 31 heavy (non-hydrogen) atoms. The molecule has 0 aliphatic heterocycles. The highest BCUT2D eigenvalue weighted by Crippen LogP contribution is 2.34. The Balaban J connectivity index is 1.97. The number of rotatable bonds is 4. The molecule has 0 aliphatic rings. The summed E-state index contributed by atoms with van der Waals surface area (Å²) in [6, 6.07) is 7.39. The Morgan fingerprint density at radius 3 is 2.19 bits per heavy atom. The van der Waals surface area contributed by atoms with E-state index in [0.717, 1.165) is 10.3 Å². The number of thiazole rings is 1. The van der Waals surface area contributed by atoms with Crippen molar-refractivity contribution in [2.24, 2.45) is 5.41 Å². The van der Waals surface area contributed by atoms with E-state index in [0.29, 0.717) is 21.9 Å². The van der Waals surface area contributed by atoms with Crippen LogP contribution < -0.4 is 10.6 Å². The summed E-state index contributed by atoms with van der Waals surface area (Å²) in [5.74, 6) is -0.346. The lowest BCUT2D eigenvalue weighted by molar-refractivity contribution is 0.0911. The molecule has 0 spiro atoms. The van der Waals surface area contributed by atoms with Crippen LogP contribution in [0.15, 0.2) is 30.5 Å². The van der Waals surface area contributed by atoms with E-state index in [1.54, 1.807) is 12.1 Å². The minimum atomic E-state index is -0.265. The fourth-order valence-electron chi connectivity index (χ4n) is 2.99. The maximum Gasteiger partial charge on any atom is 0.257 e. The first-order chi connectivity index (χ1) is 14.3. The number of hydrogen-bond donors (Lipinski definition) is 2. The molecule has 2 heterocycles. The smallest absolute Gasteiger partial charge is 0.257 e. The average Bonchev–Trinajstić information content (AvgIpc) is 3.19. The normalized spacial score (nSPS) is 13.3. The summed E-state index contributed by atoms with van der Waals surface area (Å²) in [4.78, 5) is 30.4. The molecule has 1 atom stereocenters. The predicted octanol–water partition coefficient (Wildman–Crippen LogP) is 5.58. The first kappa shape index (κ1) is 23.0. The number of fused-ring (bicyclic) bond motifs is 1. The van der Waals surface area contributed by atoms with E-state index in [2.05, 4.69) is 57.2 Å². The number of aryl methyl sites for hydroxylation is 1. The van der Waals surface area contributed by atoms with Crippen LogP contribution in [0.25, 0.3) is 10.3 Å². The summed E-state index contributed by atoms with van der Waals surface area (Å²) in [7, 11) is 0. The summed E-state index contributed by atoms with van der Waals surface area (Å²) in [5, 5.41) is 6.48. The number of aromatic nitrogens is 2. The Kier molecular flexibility index (Phi) is 6.02. The van der Waals surface area contributed by atoms with E-state index >= 15 is 0 Å². The van der Waals surface area contributed by atoms with E-state index in [9.17, 15) is 9.59 Å². The van der Waals surface area contributed by atoms with Gasteiger partial charge in [0.05, 0.1) is 10.3 Å². The average molecular weight is 441 g/mol. The van der Waals surface area contributed by atoms with Gasteiger partial charge in [-0.25, -0.2) is 4.98 Å². The number of nitrogens with one attached hydrogen (secondary N) is 2. The van der Waals surface area contributed by atoms with Crippen LogP contribution in [0.5, 0.6) is 0 Å². The minimum absolute atomic E-state index is 0.00155. The fourth-order valence-corrected chi connectivity index (χ4v) is 3.95. The van der Waals surface area contributed by atoms with Gasteiger partial charge in [0.25, 0.3) is 11.8 Å². The van der Waals surface area contributed by atoms with Gasteiger partial charge in [-0.1, -0.05) is 49.8 Å². The van der Waals surface area contributed by atoms with Gasteiger partial charge < -0.3 is 9.88 Å². The van der Waals surface area contributed by atoms with E-state index in [1.165, 1.54) is 11.3 Å². The van der Waals surface area contributed by atoms with Crippen molar-refractivity contribution in [3.63, 3.8) is 0 Å². The van der Waals surface area contributed by atoms with Gasteiger partial charge in [-0.3, -0.25) is 14.9 Å². The molecule has 2 aromatic heterocycles. The zero-order valence-corrected chi connectivity index (χ0v) is 20.4. The number of carbonyl (C=O) groups excluding carboxylic acids is 2. The largest absolute Gasteiger partial charge is 0.349 e. The van der Waals surface area contributed by atoms with E-state index in [1.807, 2.05) is 36.7 Å². The van der Waals surface area contributed by atoms with Gasteiger partial charge in [0, 0.05) is 23.3 Å². The van der Waals surface area contributed by atoms with Gasteiger partial charge in [0.1, 0.15) is 0 Å². The van der Waals surface area contributed by atoms with Crippen molar-refractivity contribution in [3.8, 4) is 0 Å². The van der Waals surface area contributed by atoms with Crippen LogP contribution in [0.2, 0.25) is 0 Å². The molecule has 0 radical (unpaired) electrons. The summed E-state index contributed by atoms with van der Waals surface area (Å²) in [6.45, 7) is 16.5. The Bertz CT molecular complexity index is 1110. The standard InChI is InChI=1S/C24H32N4O2S/c1-14-9-11-16(12-10-14)20(29)27-22-26-19-18(31-22)17(13-28(19)24(6,7)8)21(30)25-15(2)23(3,4)5/h9-13,15H,1-8H3,(H,25,30)(H,26,27,29). The lowest BCUT2D eigenvalue weighted by Gasteiger charge is -2.28. The van der Waals surface area contributed by atoms with E-state index in [4.69, 9.17) is 0 Å². The minimum Gasteiger partial charge on any atom is -0.349 e. The summed E-state index contributed by atoms with van der Waals surface area (Å²) in [6.07, 6.45) is 1.87. The first-order valence-electron chi connectivity index (χ1n) is 10.5. The van der Waals surface area contributed by atoms with Crippen molar-refractivity contribution in [1.82, 2.24) is 14.9 Å². The van der Waals surface area contributed by atoms with Crippen molar-refractivity contribution in [2.75, 3.05) is 5.32 Å². The lowest BCUT2D eigenvalue weighted by Crippen LogP contribution is -2.41. The monoisotopic (exact) mass is 440 g/mol. The first-order valence-corrected chi connectivity index (χ1v) is 11.3. The maximum absolute atomic E-state index is 13.1. The fraction of sp³-hybridized carbons (Fsp3) is 0.458. The zero-order chi connectivity index (χ0) is 23.1. The summed E-state index contributed by atoms with van der Waals surface area (Å²) >= 11 is 1.33. The Labute approximate surface area is 188 Å². The van der Waals surface area contributed by atoms with Gasteiger partial charge in [-0.05, 0) is 52.2 Å². The molecule has 0 bridgehead atoms. The number of hydrogen-bond acceptors (Lipinski definition) is 4. The van der Waals surface area contributed by atoms with Gasteiger partial charge in [-0.2, -0.15) is 0 Å². The second-order valence-corrected chi connectivity index (χ2v) is 11.1. The topological polar surface area (TPSA) is 76.0 Å². The molecule has 0 saturated heterocycles. The molecule has 1 unspecified atom stereocenters. The Hall–Kier alpha value is -2.67. The Morgan fingerprint density at radius 1 is 1.03 bits per heavy atom. The molecule has 3 aromatic rings. The maximum atomic E-state index is 13.1. The quantitative estimate of drug-likeness (QED) is 0.556. The van der Waals surface area contributed by atoms with Crippen LogP contribution >= 0.6 is 11.3 Å². The third kappa shape index (κ3) is 4.98. The molecule has 2 amide bonds. The van der Waals surface area contributed by atoms with Crippen molar-refractivity contribution in [2.45, 2.75) is 67.0 Å². The third-order valence-electron chi connectivity index (χ3n) is 5.49. The number of amides is 2. The highest BCUT2D eigenvalue weighted by atomic mass is 32.1. The number of carbonyl (C=O) groups is 2. The number of nitrogens with zero attached hydrogens (tertiary/aromatic N) is 2. The molecule has 0 fully saturated rings. The molecule has 6 nitrogen and oxygen atoms in total. The van der Waals surface area contributed by atoms with Crippen molar-refractivity contribution < 1.29 is 9.59 Å². The Morgan fingerprint density at radius 2 is 1.65 bits per heavy atom. The predicted molar refractivity (Wildman–Crippen MR) is 128 cm³/mol. The molecular formula is C24H32N4O2S. The van der Waals surface area contributed by atoms with Crippen LogP contribution in [-0.4, -0.2) is 27.4 Å². The van der Waals surface area contributed by atoms with Crippen LogP contribution in [0.4, 0.5) is 5.13 Å². The van der Waals surface area contributed by atoms with Crippen LogP contribution in [0, 0.1) is 12.3 Å². The molecule has 2 N–H and O–H groups in total. The summed E-state index contributed by atoms with van der Waals surface area (Å²) < 4.78 is 2.77. The van der Waals surface area contributed by atoms with Gasteiger partial charge in [0.15, 0.2) is 10.8 Å². The second-order valence-electron chi connectivity index (χ2n) is 10.1. The van der Waals surface area contributed by atoms with Gasteiger partial charge in [-0.15, -0.1) is 0 Å². The van der Waals surface area contributed by atoms with E-state index in [-0.39, 0.29) is 28.8 Å². The van der Waals surface area contributed by atoms with Crippen molar-refractivity contribution >= 4 is 38.6 Å². The zero-order valence-electron chi connectivity index (χ0n) is 19.6. The molecule has 0 aliphatic carbocycles. The molecule has 7 heteroatoms. The van der Waals surface area contributed by atoms with Crippen LogP contribution in [0.3, 0.4) is 0 Å². The SMILES string of the molecule is Cc1ccc(C(=O)Nc2nc3c(s2)c(C(=O)NC(C)C(C)(C)C)cn3C(C)(C)C)cc1. The third-order valence-corrected chi connectivity index (χ3v) is 6.48. The highest BCUT2D eigenvalue weighted by Gasteiger charge is 2.28. The number of benzene rings is 1. The van der Waals surface area contributed by atoms with E-state index < -0.39 is 0 Å². The van der Waals surface area contributed by atoms with Gasteiger partial charge >= 0.3 is 0 Å². The molecule has 3 rings (SSSR count). The lowest BCUT2D eigenvalue weighted by atomic mass is 9.88. The molecular weight excluding hydrogens is 408 g/mol. The van der Waals surface area contributed by atoms with Gasteiger partial charge in [0.2, 0.25) is 0 Å². The summed E-state index contributed by atoms with van der Waals surface area (Å²) in [5.41, 5.74) is 2.62. The molecule has 0 saturated carbocycles. The molecule has 1 aromatic carbocycles. The van der Waals surface area contributed by atoms with Crippen molar-refractivity contribution in [1.29, 1.82) is 0 Å². The number of anilines is 1.